The Balaban J connectivity index is 1.76. The zero-order valence-electron chi connectivity index (χ0n) is 23.6. The lowest BCUT2D eigenvalue weighted by atomic mass is 9.93. The Morgan fingerprint density at radius 1 is 0.975 bits per heavy atom. The second-order valence-corrected chi connectivity index (χ2v) is 10.0. The van der Waals surface area contributed by atoms with E-state index in [1.807, 2.05) is 81.4 Å². The van der Waals surface area contributed by atoms with Crippen molar-refractivity contribution in [2.45, 2.75) is 45.8 Å². The number of rotatable bonds is 12. The van der Waals surface area contributed by atoms with Gasteiger partial charge in [0.05, 0.1) is 18.2 Å². The molecule has 0 spiro atoms. The smallest absolute Gasteiger partial charge is 0.295 e. The number of benzene rings is 3. The number of carbonyl (C=O) groups is 2. The number of carbonyl (C=O) groups excluding carboxylic acids is 2. The third-order valence-electron chi connectivity index (χ3n) is 6.91. The van der Waals surface area contributed by atoms with E-state index in [0.717, 1.165) is 16.9 Å². The van der Waals surface area contributed by atoms with E-state index in [-0.39, 0.29) is 17.3 Å². The van der Waals surface area contributed by atoms with Crippen LogP contribution in [0.3, 0.4) is 0 Å². The minimum Gasteiger partial charge on any atom is -0.507 e. The van der Waals surface area contributed by atoms with E-state index in [9.17, 15) is 14.7 Å². The van der Waals surface area contributed by atoms with Crippen molar-refractivity contribution in [1.29, 1.82) is 0 Å². The second kappa shape index (κ2) is 13.3. The summed E-state index contributed by atoms with van der Waals surface area (Å²) < 4.78 is 17.0. The molecule has 1 aliphatic heterocycles. The van der Waals surface area contributed by atoms with Crippen molar-refractivity contribution in [1.82, 2.24) is 4.90 Å². The average molecular weight is 544 g/mol. The van der Waals surface area contributed by atoms with Crippen LogP contribution in [0.25, 0.3) is 5.76 Å². The number of hydrogen-bond acceptors (Lipinski definition) is 6. The number of aliphatic hydroxyl groups excluding tert-OH is 1. The number of methoxy groups -OCH3 is 1. The Morgan fingerprint density at radius 3 is 2.45 bits per heavy atom. The van der Waals surface area contributed by atoms with Crippen LogP contribution in [0.2, 0.25) is 0 Å². The number of hydrogen-bond donors (Lipinski definition) is 1. The molecular formula is C33H37NO6. The quantitative estimate of drug-likeness (QED) is 0.126. The maximum Gasteiger partial charge on any atom is 0.295 e. The molecular weight excluding hydrogens is 506 g/mol. The summed E-state index contributed by atoms with van der Waals surface area (Å²) in [5.41, 5.74) is 3.13. The largest absolute Gasteiger partial charge is 0.507 e. The van der Waals surface area contributed by atoms with E-state index < -0.39 is 17.7 Å². The molecule has 1 N–H and O–H groups in total. The molecule has 0 bridgehead atoms. The highest BCUT2D eigenvalue weighted by atomic mass is 16.5. The highest BCUT2D eigenvalue weighted by molar-refractivity contribution is 6.46. The van der Waals surface area contributed by atoms with E-state index in [0.29, 0.717) is 49.7 Å². The van der Waals surface area contributed by atoms with Crippen molar-refractivity contribution in [3.63, 3.8) is 0 Å². The molecule has 210 valence electrons. The van der Waals surface area contributed by atoms with Crippen LogP contribution in [0.15, 0.2) is 78.4 Å². The zero-order chi connectivity index (χ0) is 28.6. The summed E-state index contributed by atoms with van der Waals surface area (Å²) in [6.45, 7) is 7.63. The van der Waals surface area contributed by atoms with Gasteiger partial charge < -0.3 is 24.2 Å². The van der Waals surface area contributed by atoms with Crippen molar-refractivity contribution in [2.75, 3.05) is 26.9 Å². The molecule has 1 aliphatic rings. The number of aliphatic hydroxyl groups is 1. The van der Waals surface area contributed by atoms with Gasteiger partial charge in [-0.25, -0.2) is 0 Å². The Hall–Kier alpha value is -4.10. The van der Waals surface area contributed by atoms with Crippen LogP contribution in [0.1, 0.15) is 61.4 Å². The molecule has 7 heteroatoms. The molecule has 1 saturated heterocycles. The molecule has 0 saturated carbocycles. The first-order valence-corrected chi connectivity index (χ1v) is 13.7. The Morgan fingerprint density at radius 2 is 1.75 bits per heavy atom. The zero-order valence-corrected chi connectivity index (χ0v) is 23.6. The molecule has 1 unspecified atom stereocenters. The highest BCUT2D eigenvalue weighted by Gasteiger charge is 2.46. The topological polar surface area (TPSA) is 85.3 Å². The monoisotopic (exact) mass is 543 g/mol. The predicted molar refractivity (Wildman–Crippen MR) is 154 cm³/mol. The maximum atomic E-state index is 13.4. The third kappa shape index (κ3) is 6.37. The van der Waals surface area contributed by atoms with E-state index in [1.165, 1.54) is 4.90 Å². The number of amides is 1. The van der Waals surface area contributed by atoms with Gasteiger partial charge in [0.1, 0.15) is 23.9 Å². The predicted octanol–water partition coefficient (Wildman–Crippen LogP) is 6.25. The standard InChI is InChI=1S/C33H37NO6/c1-5-39-28-16-15-25(20-27(28)22(2)3)31(35)29-30(34(17-10-18-38-4)33(37)32(29)36)24-13-9-14-26(19-24)40-21-23-11-7-6-8-12-23/h6-9,11-16,19-20,22,30,35H,5,10,17-18,21H2,1-4H3/b31-29+. The van der Waals surface area contributed by atoms with Gasteiger partial charge in [-0.15, -0.1) is 0 Å². The molecule has 0 aromatic heterocycles. The van der Waals surface area contributed by atoms with Crippen LogP contribution >= 0.6 is 0 Å². The van der Waals surface area contributed by atoms with Crippen molar-refractivity contribution >= 4 is 17.4 Å². The van der Waals surface area contributed by atoms with Crippen molar-refractivity contribution in [2.24, 2.45) is 0 Å². The van der Waals surface area contributed by atoms with Gasteiger partial charge in [-0.2, -0.15) is 0 Å². The molecule has 4 rings (SSSR count). The van der Waals surface area contributed by atoms with Gasteiger partial charge in [-0.3, -0.25) is 9.59 Å². The Bertz CT molecular complexity index is 1360. The summed E-state index contributed by atoms with van der Waals surface area (Å²) in [6.07, 6.45) is 0.546. The first-order valence-electron chi connectivity index (χ1n) is 13.7. The van der Waals surface area contributed by atoms with Crippen LogP contribution in [0, 0.1) is 0 Å². The molecule has 7 nitrogen and oxygen atoms in total. The number of Topliss-reactive ketones (excluding diaryl/α,β-unsaturated/α-hetero) is 1. The fourth-order valence-corrected chi connectivity index (χ4v) is 4.94. The molecule has 0 radical (unpaired) electrons. The van der Waals surface area contributed by atoms with Gasteiger partial charge in [-0.1, -0.05) is 56.3 Å². The highest BCUT2D eigenvalue weighted by Crippen LogP contribution is 2.41. The van der Waals surface area contributed by atoms with Gasteiger partial charge in [0, 0.05) is 25.8 Å². The lowest BCUT2D eigenvalue weighted by molar-refractivity contribution is -0.140. The van der Waals surface area contributed by atoms with Crippen molar-refractivity contribution in [3.05, 3.63) is 101 Å². The summed E-state index contributed by atoms with van der Waals surface area (Å²) in [7, 11) is 1.59. The van der Waals surface area contributed by atoms with Crippen LogP contribution in [0.4, 0.5) is 0 Å². The first kappa shape index (κ1) is 28.9. The number of ether oxygens (including phenoxy) is 3. The third-order valence-corrected chi connectivity index (χ3v) is 6.91. The molecule has 3 aromatic rings. The maximum absolute atomic E-state index is 13.4. The van der Waals surface area contributed by atoms with Gasteiger partial charge in [0.2, 0.25) is 0 Å². The van der Waals surface area contributed by atoms with E-state index in [2.05, 4.69) is 0 Å². The summed E-state index contributed by atoms with van der Waals surface area (Å²) in [5, 5.41) is 11.6. The van der Waals surface area contributed by atoms with Crippen LogP contribution in [0.5, 0.6) is 11.5 Å². The SMILES string of the molecule is CCOc1ccc(/C(O)=C2\C(=O)C(=O)N(CCCOC)C2c2cccc(OCc3ccccc3)c2)cc1C(C)C. The molecule has 1 atom stereocenters. The second-order valence-electron chi connectivity index (χ2n) is 10.0. The molecule has 3 aromatic carbocycles. The normalized spacial score (nSPS) is 16.5. The number of ketones is 1. The van der Waals surface area contributed by atoms with E-state index in [1.54, 1.807) is 19.2 Å². The van der Waals surface area contributed by atoms with Crippen molar-refractivity contribution in [3.8, 4) is 11.5 Å². The van der Waals surface area contributed by atoms with Crippen LogP contribution in [-0.4, -0.2) is 48.6 Å². The average Bonchev–Trinajstić information content (AvgIpc) is 3.22. The minimum atomic E-state index is -0.772. The summed E-state index contributed by atoms with van der Waals surface area (Å²) in [6, 6.07) is 21.8. The van der Waals surface area contributed by atoms with E-state index >= 15 is 0 Å². The summed E-state index contributed by atoms with van der Waals surface area (Å²) in [4.78, 5) is 28.2. The fourth-order valence-electron chi connectivity index (χ4n) is 4.94. The van der Waals surface area contributed by atoms with Gasteiger partial charge >= 0.3 is 0 Å². The van der Waals surface area contributed by atoms with E-state index in [4.69, 9.17) is 14.2 Å². The fraction of sp³-hybridized carbons (Fsp3) is 0.333. The van der Waals surface area contributed by atoms with Crippen LogP contribution < -0.4 is 9.47 Å². The molecule has 1 amide bonds. The van der Waals surface area contributed by atoms with Gasteiger partial charge in [0.25, 0.3) is 11.7 Å². The van der Waals surface area contributed by atoms with Gasteiger partial charge in [0.15, 0.2) is 0 Å². The minimum absolute atomic E-state index is 0.0569. The van der Waals surface area contributed by atoms with Crippen LogP contribution in [-0.2, 0) is 20.9 Å². The van der Waals surface area contributed by atoms with Crippen molar-refractivity contribution < 1.29 is 28.9 Å². The lowest BCUT2D eigenvalue weighted by Gasteiger charge is -2.25. The first-order chi connectivity index (χ1) is 19.3. The molecule has 0 aliphatic carbocycles. The summed E-state index contributed by atoms with van der Waals surface area (Å²) >= 11 is 0. The molecule has 1 fully saturated rings. The number of likely N-dealkylation sites (tertiary alicyclic amines) is 1. The Labute approximate surface area is 236 Å². The molecule has 1 heterocycles. The van der Waals surface area contributed by atoms with Gasteiger partial charge in [-0.05, 0) is 66.3 Å². The lowest BCUT2D eigenvalue weighted by Crippen LogP contribution is -2.31. The Kier molecular flexibility index (Phi) is 9.61. The molecule has 40 heavy (non-hydrogen) atoms. The number of nitrogens with zero attached hydrogens (tertiary/aromatic N) is 1. The summed E-state index contributed by atoms with van der Waals surface area (Å²) in [5.74, 6) is -0.109.